The summed E-state index contributed by atoms with van der Waals surface area (Å²) in [7, 11) is -2.40. The highest BCUT2D eigenvalue weighted by molar-refractivity contribution is 7.89. The summed E-state index contributed by atoms with van der Waals surface area (Å²) in [5, 5.41) is 10.8. The smallest absolute Gasteiger partial charge is 0.294 e. The highest BCUT2D eigenvalue weighted by Gasteiger charge is 2.21. The van der Waals surface area contributed by atoms with Crippen LogP contribution in [-0.2, 0) is 14.8 Å². The van der Waals surface area contributed by atoms with Crippen LogP contribution in [-0.4, -0.2) is 33.1 Å². The van der Waals surface area contributed by atoms with Gasteiger partial charge >= 0.3 is 0 Å². The van der Waals surface area contributed by atoms with Crippen molar-refractivity contribution in [3.8, 4) is 0 Å². The number of nitrogen functional groups attached to an aromatic ring is 1. The first kappa shape index (κ1) is 16.3. The van der Waals surface area contributed by atoms with E-state index in [-0.39, 0.29) is 23.2 Å². The summed E-state index contributed by atoms with van der Waals surface area (Å²) in [6.45, 7) is 1.75. The zero-order chi connectivity index (χ0) is 15.3. The molecule has 1 aromatic carbocycles. The van der Waals surface area contributed by atoms with E-state index in [2.05, 4.69) is 10.1 Å². The van der Waals surface area contributed by atoms with Crippen molar-refractivity contribution in [1.82, 2.24) is 4.72 Å². The number of methoxy groups -OCH3 is 1. The number of hydrogen-bond donors (Lipinski definition) is 3. The molecule has 0 radical (unpaired) electrons. The molecule has 0 aromatic heterocycles. The predicted octanol–water partition coefficient (Wildman–Crippen LogP) is 0.194. The van der Waals surface area contributed by atoms with Gasteiger partial charge in [0.15, 0.2) is 0 Å². The van der Waals surface area contributed by atoms with Crippen molar-refractivity contribution in [2.75, 3.05) is 19.1 Å². The number of ether oxygens (including phenoxy) is 1. The lowest BCUT2D eigenvalue weighted by Gasteiger charge is -2.11. The first-order valence-electron chi connectivity index (χ1n) is 5.59. The molecule has 0 aliphatic heterocycles. The molecule has 112 valence electrons. The number of nitro benzene ring substituents is 1. The third-order valence-electron chi connectivity index (χ3n) is 2.59. The van der Waals surface area contributed by atoms with Crippen molar-refractivity contribution in [3.05, 3.63) is 28.3 Å². The van der Waals surface area contributed by atoms with Gasteiger partial charge in [-0.1, -0.05) is 0 Å². The largest absolute Gasteiger partial charge is 0.380 e. The highest BCUT2D eigenvalue weighted by Crippen LogP contribution is 2.26. The third kappa shape index (κ3) is 3.87. The fourth-order valence-corrected chi connectivity index (χ4v) is 2.48. The summed E-state index contributed by atoms with van der Waals surface area (Å²) in [6.07, 6.45) is -0.315. The summed E-state index contributed by atoms with van der Waals surface area (Å²) >= 11 is 0. The second-order valence-electron chi connectivity index (χ2n) is 3.98. The Morgan fingerprint density at radius 2 is 2.15 bits per heavy atom. The lowest BCUT2D eigenvalue weighted by atomic mass is 10.3. The van der Waals surface area contributed by atoms with E-state index in [1.54, 1.807) is 6.92 Å². The van der Waals surface area contributed by atoms with Gasteiger partial charge in [0.1, 0.15) is 5.69 Å². The number of rotatable bonds is 7. The van der Waals surface area contributed by atoms with Crippen molar-refractivity contribution in [2.24, 2.45) is 5.84 Å². The maximum Gasteiger partial charge on any atom is 0.294 e. The Balaban J connectivity index is 3.07. The molecule has 0 aliphatic carbocycles. The van der Waals surface area contributed by atoms with Crippen molar-refractivity contribution >= 4 is 21.4 Å². The molecule has 0 bridgehead atoms. The molecule has 4 N–H and O–H groups in total. The van der Waals surface area contributed by atoms with Gasteiger partial charge in [-0.2, -0.15) is 0 Å². The van der Waals surface area contributed by atoms with Crippen LogP contribution in [0, 0.1) is 10.1 Å². The standard InChI is InChI=1S/C10H16N4O5S/c1-7(19-2)6-12-20(17,18)8-3-4-9(13-11)10(5-8)14(15)16/h3-5,7,12-13H,6,11H2,1-2H3. The fraction of sp³-hybridized carbons (Fsp3) is 0.400. The van der Waals surface area contributed by atoms with E-state index in [4.69, 9.17) is 10.6 Å². The van der Waals surface area contributed by atoms with E-state index < -0.39 is 20.6 Å². The Kier molecular flexibility index (Phi) is 5.39. The number of nitrogens with zero attached hydrogens (tertiary/aromatic N) is 1. The van der Waals surface area contributed by atoms with Crippen LogP contribution in [0.4, 0.5) is 11.4 Å². The number of nitrogens with one attached hydrogen (secondary N) is 2. The second kappa shape index (κ2) is 6.61. The number of anilines is 1. The quantitative estimate of drug-likeness (QED) is 0.371. The minimum Gasteiger partial charge on any atom is -0.380 e. The minimum atomic E-state index is -3.85. The van der Waals surface area contributed by atoms with Crippen LogP contribution in [0.3, 0.4) is 0 Å². The summed E-state index contributed by atoms with van der Waals surface area (Å²) < 4.78 is 31.2. The summed E-state index contributed by atoms with van der Waals surface area (Å²) in [6, 6.07) is 3.39. The Bertz CT molecular complexity index is 589. The van der Waals surface area contributed by atoms with Crippen LogP contribution in [0.15, 0.2) is 23.1 Å². The van der Waals surface area contributed by atoms with Crippen LogP contribution in [0.25, 0.3) is 0 Å². The van der Waals surface area contributed by atoms with Gasteiger partial charge in [-0.15, -0.1) is 0 Å². The topological polar surface area (TPSA) is 137 Å². The molecule has 0 amide bonds. The van der Waals surface area contributed by atoms with Gasteiger partial charge < -0.3 is 10.2 Å². The molecular formula is C10H16N4O5S. The van der Waals surface area contributed by atoms with Crippen molar-refractivity contribution in [3.63, 3.8) is 0 Å². The van der Waals surface area contributed by atoms with Crippen molar-refractivity contribution < 1.29 is 18.1 Å². The van der Waals surface area contributed by atoms with E-state index in [1.807, 2.05) is 0 Å². The first-order chi connectivity index (χ1) is 9.31. The van der Waals surface area contributed by atoms with E-state index in [1.165, 1.54) is 19.2 Å². The average molecular weight is 304 g/mol. The SMILES string of the molecule is COC(C)CNS(=O)(=O)c1ccc(NN)c([N+](=O)[O-])c1. The molecule has 1 atom stereocenters. The van der Waals surface area contributed by atoms with Crippen molar-refractivity contribution in [1.29, 1.82) is 0 Å². The van der Waals surface area contributed by atoms with Gasteiger partial charge in [0.05, 0.1) is 15.9 Å². The summed E-state index contributed by atoms with van der Waals surface area (Å²) in [5.41, 5.74) is 1.74. The van der Waals surface area contributed by atoms with Gasteiger partial charge in [-0.05, 0) is 19.1 Å². The summed E-state index contributed by atoms with van der Waals surface area (Å²) in [5.74, 6) is 5.13. The van der Waals surface area contributed by atoms with Gasteiger partial charge in [-0.3, -0.25) is 16.0 Å². The molecule has 20 heavy (non-hydrogen) atoms. The molecule has 0 fully saturated rings. The highest BCUT2D eigenvalue weighted by atomic mass is 32.2. The second-order valence-corrected chi connectivity index (χ2v) is 5.75. The maximum absolute atomic E-state index is 12.0. The number of benzene rings is 1. The van der Waals surface area contributed by atoms with E-state index in [0.29, 0.717) is 0 Å². The zero-order valence-corrected chi connectivity index (χ0v) is 11.8. The molecule has 1 rings (SSSR count). The Morgan fingerprint density at radius 3 is 2.65 bits per heavy atom. The third-order valence-corrected chi connectivity index (χ3v) is 4.02. The van der Waals surface area contributed by atoms with Crippen LogP contribution < -0.4 is 16.0 Å². The molecule has 0 heterocycles. The van der Waals surface area contributed by atoms with E-state index >= 15 is 0 Å². The number of sulfonamides is 1. The molecule has 0 aliphatic rings. The molecule has 9 nitrogen and oxygen atoms in total. The molecule has 0 saturated heterocycles. The normalized spacial score (nSPS) is 12.9. The van der Waals surface area contributed by atoms with Crippen LogP contribution in [0.2, 0.25) is 0 Å². The van der Waals surface area contributed by atoms with Crippen molar-refractivity contribution in [2.45, 2.75) is 17.9 Å². The van der Waals surface area contributed by atoms with Gasteiger partial charge in [0.25, 0.3) is 5.69 Å². The number of hydrazine groups is 1. The van der Waals surface area contributed by atoms with E-state index in [9.17, 15) is 18.5 Å². The number of hydrogen-bond acceptors (Lipinski definition) is 7. The average Bonchev–Trinajstić information content (AvgIpc) is 2.43. The molecular weight excluding hydrogens is 288 g/mol. The number of nitrogens with two attached hydrogens (primary N) is 1. The van der Waals surface area contributed by atoms with E-state index in [0.717, 1.165) is 6.07 Å². The zero-order valence-electron chi connectivity index (χ0n) is 11.0. The van der Waals surface area contributed by atoms with Crippen LogP contribution in [0.1, 0.15) is 6.92 Å². The Morgan fingerprint density at radius 1 is 1.50 bits per heavy atom. The van der Waals surface area contributed by atoms with Gasteiger partial charge in [0.2, 0.25) is 10.0 Å². The molecule has 1 unspecified atom stereocenters. The Hall–Kier alpha value is -1.75. The number of nitro groups is 1. The van der Waals surface area contributed by atoms with Crippen LogP contribution in [0.5, 0.6) is 0 Å². The predicted molar refractivity (Wildman–Crippen MR) is 72.6 cm³/mol. The lowest BCUT2D eigenvalue weighted by Crippen LogP contribution is -2.31. The fourth-order valence-electron chi connectivity index (χ4n) is 1.35. The van der Waals surface area contributed by atoms with Gasteiger partial charge in [0, 0.05) is 19.7 Å². The summed E-state index contributed by atoms with van der Waals surface area (Å²) in [4.78, 5) is 9.91. The molecule has 0 saturated carbocycles. The molecule has 1 aromatic rings. The van der Waals surface area contributed by atoms with Gasteiger partial charge in [-0.25, -0.2) is 13.1 Å². The minimum absolute atomic E-state index is 0.0270. The van der Waals surface area contributed by atoms with Crippen LogP contribution >= 0.6 is 0 Å². The monoisotopic (exact) mass is 304 g/mol. The Labute approximate surface area is 116 Å². The molecule has 10 heteroatoms. The lowest BCUT2D eigenvalue weighted by molar-refractivity contribution is -0.384. The molecule has 0 spiro atoms. The first-order valence-corrected chi connectivity index (χ1v) is 7.07. The maximum atomic E-state index is 12.0.